The molecule has 3 N–H and O–H groups in total. The van der Waals surface area contributed by atoms with Crippen molar-refractivity contribution in [3.05, 3.63) is 0 Å². The molecule has 1 unspecified atom stereocenters. The predicted octanol–water partition coefficient (Wildman–Crippen LogP) is -0.760. The van der Waals surface area contributed by atoms with Crippen LogP contribution in [0.2, 0.25) is 0 Å². The molecule has 1 heterocycles. The van der Waals surface area contributed by atoms with Gasteiger partial charge in [-0.2, -0.15) is 0 Å². The second kappa shape index (κ2) is 4.31. The van der Waals surface area contributed by atoms with Crippen LogP contribution in [0, 0.1) is 0 Å². The molecule has 1 rings (SSSR count). The van der Waals surface area contributed by atoms with E-state index in [9.17, 15) is 4.79 Å². The number of ether oxygens (including phenoxy) is 1. The van der Waals surface area contributed by atoms with E-state index in [1.807, 2.05) is 0 Å². The highest BCUT2D eigenvalue weighted by Crippen LogP contribution is 2.02. The Bertz CT molecular complexity index is 132. The molecule has 0 saturated carbocycles. The van der Waals surface area contributed by atoms with E-state index in [1.165, 1.54) is 0 Å². The number of hydrogen-bond acceptors (Lipinski definition) is 3. The molecule has 11 heavy (non-hydrogen) atoms. The fraction of sp³-hybridized carbons (Fsp3) is 0.857. The minimum absolute atomic E-state index is 0.286. The lowest BCUT2D eigenvalue weighted by Gasteiger charge is -2.08. The van der Waals surface area contributed by atoms with E-state index in [4.69, 9.17) is 10.5 Å². The van der Waals surface area contributed by atoms with Gasteiger partial charge in [-0.3, -0.25) is 4.79 Å². The lowest BCUT2D eigenvalue weighted by atomic mass is 10.3. The first-order valence-electron chi connectivity index (χ1n) is 3.89. The number of hydrogen-bond donors (Lipinski definition) is 2. The summed E-state index contributed by atoms with van der Waals surface area (Å²) in [5.74, 6) is -0.295. The summed E-state index contributed by atoms with van der Waals surface area (Å²) >= 11 is 0. The topological polar surface area (TPSA) is 64.4 Å². The maximum atomic E-state index is 10.3. The number of nitrogens with two attached hydrogens (primary N) is 1. The van der Waals surface area contributed by atoms with E-state index in [-0.39, 0.29) is 12.0 Å². The first-order valence-corrected chi connectivity index (χ1v) is 3.89. The third-order valence-corrected chi connectivity index (χ3v) is 1.72. The van der Waals surface area contributed by atoms with Crippen molar-refractivity contribution >= 4 is 5.91 Å². The summed E-state index contributed by atoms with van der Waals surface area (Å²) in [6.45, 7) is 2.38. The second-order valence-corrected chi connectivity index (χ2v) is 2.70. The largest absolute Gasteiger partial charge is 0.376 e. The summed E-state index contributed by atoms with van der Waals surface area (Å²) < 4.78 is 5.35. The molecule has 0 spiro atoms. The molecule has 4 nitrogen and oxygen atoms in total. The molecule has 1 atom stereocenters. The highest BCUT2D eigenvalue weighted by molar-refractivity contribution is 5.73. The van der Waals surface area contributed by atoms with E-state index < -0.39 is 0 Å². The van der Waals surface area contributed by atoms with Crippen LogP contribution < -0.4 is 11.1 Å². The fourth-order valence-corrected chi connectivity index (χ4v) is 1.10. The first kappa shape index (κ1) is 8.49. The van der Waals surface area contributed by atoms with Crippen molar-refractivity contribution in [2.24, 2.45) is 5.73 Å². The van der Waals surface area contributed by atoms with Gasteiger partial charge in [0.15, 0.2) is 0 Å². The van der Waals surface area contributed by atoms with Crippen LogP contribution in [0.3, 0.4) is 0 Å². The lowest BCUT2D eigenvalue weighted by molar-refractivity contribution is -0.119. The average molecular weight is 158 g/mol. The second-order valence-electron chi connectivity index (χ2n) is 2.70. The Morgan fingerprint density at radius 3 is 3.09 bits per heavy atom. The van der Waals surface area contributed by atoms with Crippen molar-refractivity contribution in [2.45, 2.75) is 18.9 Å². The molecular formula is C7H14N2O2. The Kier molecular flexibility index (Phi) is 3.32. The molecule has 1 amide bonds. The number of amides is 1. The zero-order valence-corrected chi connectivity index (χ0v) is 6.51. The zero-order chi connectivity index (χ0) is 8.10. The van der Waals surface area contributed by atoms with Crippen molar-refractivity contribution in [3.8, 4) is 0 Å². The van der Waals surface area contributed by atoms with Crippen LogP contribution in [-0.4, -0.2) is 31.7 Å². The minimum Gasteiger partial charge on any atom is -0.376 e. The summed E-state index contributed by atoms with van der Waals surface area (Å²) in [7, 11) is 0. The number of rotatable bonds is 4. The van der Waals surface area contributed by atoms with E-state index >= 15 is 0 Å². The number of primary amides is 1. The molecular weight excluding hydrogens is 144 g/mol. The van der Waals surface area contributed by atoms with Gasteiger partial charge in [-0.25, -0.2) is 0 Å². The Morgan fingerprint density at radius 2 is 2.55 bits per heavy atom. The molecule has 0 aromatic carbocycles. The van der Waals surface area contributed by atoms with Gasteiger partial charge in [-0.15, -0.1) is 0 Å². The normalized spacial score (nSPS) is 23.8. The summed E-state index contributed by atoms with van der Waals surface area (Å²) in [6, 6.07) is 0. The molecule has 1 saturated heterocycles. The third kappa shape index (κ3) is 3.34. The Balaban J connectivity index is 1.98. The molecule has 0 aromatic rings. The van der Waals surface area contributed by atoms with Crippen molar-refractivity contribution in [1.29, 1.82) is 0 Å². The van der Waals surface area contributed by atoms with Gasteiger partial charge in [-0.1, -0.05) is 0 Å². The van der Waals surface area contributed by atoms with Crippen LogP contribution >= 0.6 is 0 Å². The number of carbonyl (C=O) groups excluding carboxylic acids is 1. The van der Waals surface area contributed by atoms with Crippen LogP contribution in [0.15, 0.2) is 0 Å². The predicted molar refractivity (Wildman–Crippen MR) is 41.0 cm³/mol. The minimum atomic E-state index is -0.295. The fourth-order valence-electron chi connectivity index (χ4n) is 1.10. The van der Waals surface area contributed by atoms with Gasteiger partial charge >= 0.3 is 0 Å². The molecule has 1 fully saturated rings. The Labute approximate surface area is 66.1 Å². The molecule has 4 heteroatoms. The van der Waals surface area contributed by atoms with Gasteiger partial charge in [0.25, 0.3) is 0 Å². The van der Waals surface area contributed by atoms with Gasteiger partial charge in [0.2, 0.25) is 5.91 Å². The summed E-state index contributed by atoms with van der Waals surface area (Å²) in [6.07, 6.45) is 1.66. The van der Waals surface area contributed by atoms with Crippen molar-refractivity contribution < 1.29 is 9.53 Å². The molecule has 0 aliphatic carbocycles. The number of carbonyl (C=O) groups is 1. The number of nitrogens with one attached hydrogen (secondary N) is 1. The molecule has 64 valence electrons. The highest BCUT2D eigenvalue weighted by Gasteiger charge is 2.14. The summed E-state index contributed by atoms with van der Waals surface area (Å²) in [5.41, 5.74) is 4.94. The monoisotopic (exact) mass is 158 g/mol. The van der Waals surface area contributed by atoms with Crippen LogP contribution in [0.5, 0.6) is 0 Å². The summed E-state index contributed by atoms with van der Waals surface area (Å²) in [5, 5.41) is 3.17. The Hall–Kier alpha value is -0.610. The Morgan fingerprint density at radius 1 is 1.73 bits per heavy atom. The first-order chi connectivity index (χ1) is 5.29. The average Bonchev–Trinajstić information content (AvgIpc) is 2.39. The van der Waals surface area contributed by atoms with Gasteiger partial charge in [0, 0.05) is 13.0 Å². The van der Waals surface area contributed by atoms with Crippen LogP contribution in [0.1, 0.15) is 12.8 Å². The van der Waals surface area contributed by atoms with Crippen molar-refractivity contribution in [2.75, 3.05) is 19.7 Å². The summed E-state index contributed by atoms with van der Waals surface area (Å²) in [4.78, 5) is 10.3. The van der Waals surface area contributed by atoms with E-state index in [1.54, 1.807) is 0 Å². The van der Waals surface area contributed by atoms with Crippen molar-refractivity contribution in [3.63, 3.8) is 0 Å². The van der Waals surface area contributed by atoms with Gasteiger partial charge in [0.05, 0.1) is 12.7 Å². The highest BCUT2D eigenvalue weighted by atomic mass is 16.5. The van der Waals surface area contributed by atoms with Gasteiger partial charge < -0.3 is 15.8 Å². The quantitative estimate of drug-likeness (QED) is 0.565. The van der Waals surface area contributed by atoms with Crippen molar-refractivity contribution in [1.82, 2.24) is 5.32 Å². The third-order valence-electron chi connectivity index (χ3n) is 1.72. The zero-order valence-electron chi connectivity index (χ0n) is 6.51. The molecule has 0 radical (unpaired) electrons. The van der Waals surface area contributed by atoms with E-state index in [0.29, 0.717) is 13.0 Å². The molecule has 1 aliphatic heterocycles. The molecule has 0 aromatic heterocycles. The standard InChI is InChI=1S/C7H14N2O2/c8-7(10)2-4-11-6-1-3-9-5-6/h6,9H,1-5H2,(H2,8,10). The van der Waals surface area contributed by atoms with Crippen LogP contribution in [0.4, 0.5) is 0 Å². The maximum absolute atomic E-state index is 10.3. The van der Waals surface area contributed by atoms with Gasteiger partial charge in [0.1, 0.15) is 0 Å². The molecule has 0 bridgehead atoms. The van der Waals surface area contributed by atoms with Gasteiger partial charge in [-0.05, 0) is 13.0 Å². The van der Waals surface area contributed by atoms with E-state index in [0.717, 1.165) is 19.5 Å². The lowest BCUT2D eigenvalue weighted by Crippen LogP contribution is -2.20. The van der Waals surface area contributed by atoms with E-state index in [2.05, 4.69) is 5.32 Å². The molecule has 1 aliphatic rings. The van der Waals surface area contributed by atoms with Crippen LogP contribution in [0.25, 0.3) is 0 Å². The maximum Gasteiger partial charge on any atom is 0.219 e. The van der Waals surface area contributed by atoms with Crippen LogP contribution in [-0.2, 0) is 9.53 Å². The SMILES string of the molecule is NC(=O)CCOC1CCNC1. The smallest absolute Gasteiger partial charge is 0.219 e.